The first kappa shape index (κ1) is 18.5. The maximum absolute atomic E-state index is 5.54. The van der Waals surface area contributed by atoms with Crippen LogP contribution in [0.15, 0.2) is 36.4 Å². The summed E-state index contributed by atoms with van der Waals surface area (Å²) in [5.41, 5.74) is 3.77. The van der Waals surface area contributed by atoms with Crippen LogP contribution in [-0.2, 0) is 6.54 Å². The van der Waals surface area contributed by atoms with Crippen LogP contribution in [0, 0.1) is 0 Å². The predicted molar refractivity (Wildman–Crippen MR) is 113 cm³/mol. The highest BCUT2D eigenvalue weighted by Crippen LogP contribution is 2.36. The predicted octanol–water partition coefficient (Wildman–Crippen LogP) is 4.05. The summed E-state index contributed by atoms with van der Waals surface area (Å²) in [6.07, 6.45) is 0. The summed E-state index contributed by atoms with van der Waals surface area (Å²) in [7, 11) is 3.31. The second-order valence-electron chi connectivity index (χ2n) is 6.79. The molecule has 6 nitrogen and oxygen atoms in total. The van der Waals surface area contributed by atoms with Crippen molar-refractivity contribution in [2.45, 2.75) is 20.4 Å². The number of hydrogen-bond donors (Lipinski definition) is 0. The number of methoxy groups -OCH3 is 2. The first-order chi connectivity index (χ1) is 13.7. The van der Waals surface area contributed by atoms with Crippen molar-refractivity contribution >= 4 is 21.9 Å². The molecular formula is C22H26N4O2. The van der Waals surface area contributed by atoms with Crippen molar-refractivity contribution in [2.24, 2.45) is 0 Å². The lowest BCUT2D eigenvalue weighted by atomic mass is 10.2. The topological polar surface area (TPSA) is 52.4 Å². The second-order valence-corrected chi connectivity index (χ2v) is 6.79. The first-order valence-electron chi connectivity index (χ1n) is 9.73. The fourth-order valence-electron chi connectivity index (χ4n) is 3.76. The van der Waals surface area contributed by atoms with Gasteiger partial charge in [-0.1, -0.05) is 32.0 Å². The van der Waals surface area contributed by atoms with Crippen LogP contribution < -0.4 is 9.47 Å². The standard InChI is InChI=1S/C22H26N4O2/c1-5-25(6-2)11-12-26-18-14-20(28-4)19(27-3)13-17(18)23-21-15-9-7-8-10-16(15)24-22(21)26/h7-10,13-14H,5-6,11-12H2,1-4H3. The number of hydrogen-bond acceptors (Lipinski definition) is 5. The Morgan fingerprint density at radius 1 is 0.929 bits per heavy atom. The van der Waals surface area contributed by atoms with Gasteiger partial charge in [-0.05, 0) is 19.2 Å². The molecule has 2 aromatic carbocycles. The monoisotopic (exact) mass is 378 g/mol. The number of aromatic nitrogens is 3. The maximum Gasteiger partial charge on any atom is 0.163 e. The molecule has 2 aliphatic rings. The van der Waals surface area contributed by atoms with E-state index in [0.29, 0.717) is 11.5 Å². The minimum absolute atomic E-state index is 0.681. The Kier molecular flexibility index (Phi) is 5.05. The van der Waals surface area contributed by atoms with Crippen molar-refractivity contribution in [3.8, 4) is 23.0 Å². The van der Waals surface area contributed by atoms with E-state index in [-0.39, 0.29) is 0 Å². The Hall–Kier alpha value is -2.86. The molecule has 0 saturated heterocycles. The van der Waals surface area contributed by atoms with Crippen molar-refractivity contribution in [1.29, 1.82) is 0 Å². The molecule has 2 aliphatic heterocycles. The van der Waals surface area contributed by atoms with Gasteiger partial charge < -0.3 is 18.9 Å². The van der Waals surface area contributed by atoms with Crippen LogP contribution in [0.1, 0.15) is 13.8 Å². The van der Waals surface area contributed by atoms with Gasteiger partial charge in [0, 0.05) is 30.6 Å². The van der Waals surface area contributed by atoms with Crippen LogP contribution in [0.5, 0.6) is 11.5 Å². The highest BCUT2D eigenvalue weighted by Gasteiger charge is 2.21. The molecule has 0 saturated carbocycles. The molecule has 146 valence electrons. The highest BCUT2D eigenvalue weighted by molar-refractivity contribution is 5.97. The van der Waals surface area contributed by atoms with E-state index >= 15 is 0 Å². The Morgan fingerprint density at radius 2 is 1.64 bits per heavy atom. The summed E-state index contributed by atoms with van der Waals surface area (Å²) in [4.78, 5) is 12.3. The number of para-hydroxylation sites is 1. The summed E-state index contributed by atoms with van der Waals surface area (Å²) in [5.74, 6) is 2.29. The summed E-state index contributed by atoms with van der Waals surface area (Å²) >= 11 is 0. The van der Waals surface area contributed by atoms with Gasteiger partial charge in [0.2, 0.25) is 0 Å². The third-order valence-electron chi connectivity index (χ3n) is 5.39. The molecule has 0 aromatic heterocycles. The number of rotatable bonds is 7. The zero-order chi connectivity index (χ0) is 19.7. The van der Waals surface area contributed by atoms with E-state index in [9.17, 15) is 0 Å². The van der Waals surface area contributed by atoms with E-state index in [4.69, 9.17) is 19.4 Å². The lowest BCUT2D eigenvalue weighted by Gasteiger charge is -2.22. The molecule has 0 atom stereocenters. The molecule has 0 fully saturated rings. The molecule has 0 aliphatic carbocycles. The van der Waals surface area contributed by atoms with Crippen LogP contribution in [0.4, 0.5) is 0 Å². The molecule has 0 spiro atoms. The third-order valence-corrected chi connectivity index (χ3v) is 5.39. The minimum atomic E-state index is 0.681. The van der Waals surface area contributed by atoms with E-state index in [1.807, 2.05) is 30.3 Å². The van der Waals surface area contributed by atoms with E-state index in [2.05, 4.69) is 29.4 Å². The molecule has 0 amide bonds. The van der Waals surface area contributed by atoms with Crippen molar-refractivity contribution in [3.63, 3.8) is 0 Å². The summed E-state index contributed by atoms with van der Waals surface area (Å²) in [5, 5.41) is 1.07. The molecule has 28 heavy (non-hydrogen) atoms. The number of benzene rings is 2. The van der Waals surface area contributed by atoms with Crippen LogP contribution in [0.25, 0.3) is 33.5 Å². The van der Waals surface area contributed by atoms with Gasteiger partial charge in [0.15, 0.2) is 17.3 Å². The molecule has 0 radical (unpaired) electrons. The number of fused-ring (bicyclic) bond motifs is 4. The largest absolute Gasteiger partial charge is 0.493 e. The highest BCUT2D eigenvalue weighted by atomic mass is 16.5. The average Bonchev–Trinajstić information content (AvgIpc) is 3.11. The van der Waals surface area contributed by atoms with E-state index in [1.54, 1.807) is 14.2 Å². The van der Waals surface area contributed by atoms with E-state index in [0.717, 1.165) is 59.6 Å². The second kappa shape index (κ2) is 7.64. The van der Waals surface area contributed by atoms with Crippen LogP contribution >= 0.6 is 0 Å². The Morgan fingerprint density at radius 3 is 2.36 bits per heavy atom. The molecule has 0 unspecified atom stereocenters. The molecule has 2 heterocycles. The molecule has 2 aromatic rings. The van der Waals surface area contributed by atoms with Crippen LogP contribution in [-0.4, -0.2) is 53.3 Å². The molecule has 4 rings (SSSR count). The smallest absolute Gasteiger partial charge is 0.163 e. The quantitative estimate of drug-likeness (QED) is 0.486. The normalized spacial score (nSPS) is 11.8. The zero-order valence-electron chi connectivity index (χ0n) is 16.9. The molecule has 0 N–H and O–H groups in total. The molecule has 6 heteroatoms. The Bertz CT molecular complexity index is 1080. The van der Waals surface area contributed by atoms with E-state index < -0.39 is 0 Å². The number of likely N-dealkylation sites (N-methyl/N-ethyl adjacent to an activating group) is 1. The molecular weight excluding hydrogens is 352 g/mol. The Balaban J connectivity index is 1.98. The van der Waals surface area contributed by atoms with Gasteiger partial charge in [0.1, 0.15) is 5.69 Å². The van der Waals surface area contributed by atoms with Gasteiger partial charge in [-0.3, -0.25) is 0 Å². The van der Waals surface area contributed by atoms with Crippen molar-refractivity contribution in [2.75, 3.05) is 33.9 Å². The maximum atomic E-state index is 5.54. The van der Waals surface area contributed by atoms with Gasteiger partial charge in [0.05, 0.1) is 30.8 Å². The van der Waals surface area contributed by atoms with Gasteiger partial charge in [-0.2, -0.15) is 0 Å². The average molecular weight is 378 g/mol. The SMILES string of the molecule is CCN(CC)CCn1c2nc3ccccc3c-2nc2cc(OC)c(OC)cc21. The summed E-state index contributed by atoms with van der Waals surface area (Å²) < 4.78 is 13.3. The summed E-state index contributed by atoms with van der Waals surface area (Å²) in [6.45, 7) is 8.21. The summed E-state index contributed by atoms with van der Waals surface area (Å²) in [6, 6.07) is 12.1. The lowest BCUT2D eigenvalue weighted by Crippen LogP contribution is -2.27. The Labute approximate surface area is 165 Å². The van der Waals surface area contributed by atoms with Crippen molar-refractivity contribution in [1.82, 2.24) is 19.4 Å². The zero-order valence-corrected chi connectivity index (χ0v) is 16.9. The van der Waals surface area contributed by atoms with Crippen molar-refractivity contribution < 1.29 is 9.47 Å². The lowest BCUT2D eigenvalue weighted by molar-refractivity contribution is 0.292. The minimum Gasteiger partial charge on any atom is -0.493 e. The van der Waals surface area contributed by atoms with Gasteiger partial charge in [0.25, 0.3) is 0 Å². The number of ether oxygens (including phenoxy) is 2. The van der Waals surface area contributed by atoms with Gasteiger partial charge in [-0.15, -0.1) is 0 Å². The fourth-order valence-corrected chi connectivity index (χ4v) is 3.76. The van der Waals surface area contributed by atoms with Crippen LogP contribution in [0.3, 0.4) is 0 Å². The van der Waals surface area contributed by atoms with Gasteiger partial charge >= 0.3 is 0 Å². The van der Waals surface area contributed by atoms with E-state index in [1.165, 1.54) is 0 Å². The third kappa shape index (κ3) is 3.03. The number of nitrogens with zero attached hydrogens (tertiary/aromatic N) is 4. The van der Waals surface area contributed by atoms with Crippen LogP contribution in [0.2, 0.25) is 0 Å². The molecule has 0 bridgehead atoms. The van der Waals surface area contributed by atoms with Gasteiger partial charge in [-0.25, -0.2) is 9.97 Å². The first-order valence-corrected chi connectivity index (χ1v) is 9.73. The fraction of sp³-hybridized carbons (Fsp3) is 0.364. The van der Waals surface area contributed by atoms with Crippen molar-refractivity contribution in [3.05, 3.63) is 36.4 Å².